The number of carbonyl (C=O) groups is 2. The number of Topliss-reactive ketones (excluding diaryl/α,β-unsaturated/α-hetero) is 2. The molecule has 0 aliphatic heterocycles. The van der Waals surface area contributed by atoms with Gasteiger partial charge in [0.1, 0.15) is 11.5 Å². The molecule has 0 N–H and O–H groups in total. The second-order valence-corrected chi connectivity index (χ2v) is 6.53. The maximum absolute atomic E-state index is 11.5. The van der Waals surface area contributed by atoms with Crippen molar-refractivity contribution in [3.63, 3.8) is 0 Å². The van der Waals surface area contributed by atoms with Crippen LogP contribution in [0.4, 0.5) is 0 Å². The fourth-order valence-electron chi connectivity index (χ4n) is 3.67. The number of rotatable bonds is 2. The van der Waals surface area contributed by atoms with Crippen molar-refractivity contribution in [1.29, 1.82) is 0 Å². The van der Waals surface area contributed by atoms with Gasteiger partial charge in [-0.2, -0.15) is 0 Å². The minimum Gasteiger partial charge on any atom is -0.496 e. The molecule has 0 heterocycles. The third-order valence-electron chi connectivity index (χ3n) is 4.97. The molecular weight excluding hydrogens is 328 g/mol. The first kappa shape index (κ1) is 18.2. The Bertz CT molecular complexity index is 753. The molecule has 0 atom stereocenters. The van der Waals surface area contributed by atoms with Gasteiger partial charge >= 0.3 is 0 Å². The van der Waals surface area contributed by atoms with Crippen molar-refractivity contribution in [3.8, 4) is 11.5 Å². The molecule has 2 aromatic carbocycles. The summed E-state index contributed by atoms with van der Waals surface area (Å²) in [4.78, 5) is 23.0. The summed E-state index contributed by atoms with van der Waals surface area (Å²) in [7, 11) is 3.30. The molecule has 136 valence electrons. The van der Waals surface area contributed by atoms with Crippen molar-refractivity contribution >= 4 is 11.6 Å². The van der Waals surface area contributed by atoms with E-state index in [1.54, 1.807) is 14.2 Å². The number of hydrogen-bond donors (Lipinski definition) is 0. The molecule has 0 saturated heterocycles. The number of fused-ring (bicyclic) bond motifs is 2. The van der Waals surface area contributed by atoms with Gasteiger partial charge < -0.3 is 9.47 Å². The van der Waals surface area contributed by atoms with E-state index in [0.29, 0.717) is 12.8 Å². The van der Waals surface area contributed by atoms with Gasteiger partial charge in [0, 0.05) is 35.1 Å². The van der Waals surface area contributed by atoms with Gasteiger partial charge in [0.2, 0.25) is 0 Å². The smallest absolute Gasteiger partial charge is 0.163 e. The normalized spacial score (nSPS) is 15.3. The van der Waals surface area contributed by atoms with E-state index in [4.69, 9.17) is 9.47 Å². The predicted octanol–water partition coefficient (Wildman–Crippen LogP) is 4.43. The molecule has 26 heavy (non-hydrogen) atoms. The first-order chi connectivity index (χ1) is 12.7. The van der Waals surface area contributed by atoms with Gasteiger partial charge in [-0.05, 0) is 37.8 Å². The topological polar surface area (TPSA) is 52.6 Å². The van der Waals surface area contributed by atoms with Crippen molar-refractivity contribution in [2.45, 2.75) is 38.5 Å². The SMILES string of the molecule is COc1cccc2c1CCCC2=O.COc1cccc2c1CCCC2=O. The van der Waals surface area contributed by atoms with E-state index >= 15 is 0 Å². The van der Waals surface area contributed by atoms with Crippen molar-refractivity contribution in [2.75, 3.05) is 14.2 Å². The molecule has 2 aliphatic carbocycles. The van der Waals surface area contributed by atoms with E-state index in [1.807, 2.05) is 36.4 Å². The minimum atomic E-state index is 0.250. The molecule has 4 rings (SSSR count). The lowest BCUT2D eigenvalue weighted by molar-refractivity contribution is 0.0963. The molecule has 4 heteroatoms. The van der Waals surface area contributed by atoms with Gasteiger partial charge in [0.05, 0.1) is 14.2 Å². The Morgan fingerprint density at radius 2 is 1.08 bits per heavy atom. The molecule has 2 aliphatic rings. The van der Waals surface area contributed by atoms with Gasteiger partial charge in [0.25, 0.3) is 0 Å². The quantitative estimate of drug-likeness (QED) is 0.802. The van der Waals surface area contributed by atoms with Crippen LogP contribution in [-0.4, -0.2) is 25.8 Å². The Morgan fingerprint density at radius 1 is 0.654 bits per heavy atom. The minimum absolute atomic E-state index is 0.250. The lowest BCUT2D eigenvalue weighted by Gasteiger charge is -2.16. The summed E-state index contributed by atoms with van der Waals surface area (Å²) in [5, 5.41) is 0. The monoisotopic (exact) mass is 352 g/mol. The highest BCUT2D eigenvalue weighted by atomic mass is 16.5. The van der Waals surface area contributed by atoms with Crippen molar-refractivity contribution in [1.82, 2.24) is 0 Å². The number of ketones is 2. The number of methoxy groups -OCH3 is 2. The van der Waals surface area contributed by atoms with Crippen LogP contribution in [0.2, 0.25) is 0 Å². The third-order valence-corrected chi connectivity index (χ3v) is 4.97. The average Bonchev–Trinajstić information content (AvgIpc) is 2.68. The Kier molecular flexibility index (Phi) is 5.71. The fourth-order valence-corrected chi connectivity index (χ4v) is 3.67. The molecule has 0 spiro atoms. The standard InChI is InChI=1S/2C11H12O2/c2*1-13-11-7-3-4-8-9(11)5-2-6-10(8)12/h2*3-4,7H,2,5-6H2,1H3. The maximum atomic E-state index is 11.5. The molecular formula is C22H24O4. The molecule has 4 nitrogen and oxygen atoms in total. The van der Waals surface area contributed by atoms with Crippen LogP contribution >= 0.6 is 0 Å². The lowest BCUT2D eigenvalue weighted by atomic mass is 9.90. The molecule has 0 fully saturated rings. The highest BCUT2D eigenvalue weighted by molar-refractivity contribution is 5.99. The van der Waals surface area contributed by atoms with E-state index in [-0.39, 0.29) is 11.6 Å². The molecule has 0 unspecified atom stereocenters. The summed E-state index contributed by atoms with van der Waals surface area (Å²) in [5.41, 5.74) is 3.87. The summed E-state index contributed by atoms with van der Waals surface area (Å²) in [6.45, 7) is 0. The molecule has 0 bridgehead atoms. The van der Waals surface area contributed by atoms with Crippen molar-refractivity contribution in [2.24, 2.45) is 0 Å². The molecule has 2 aromatic rings. The van der Waals surface area contributed by atoms with E-state index < -0.39 is 0 Å². The van der Waals surface area contributed by atoms with Gasteiger partial charge in [-0.15, -0.1) is 0 Å². The van der Waals surface area contributed by atoms with Crippen LogP contribution in [-0.2, 0) is 12.8 Å². The Hall–Kier alpha value is -2.62. The van der Waals surface area contributed by atoms with Crippen LogP contribution in [0.25, 0.3) is 0 Å². The van der Waals surface area contributed by atoms with Crippen LogP contribution < -0.4 is 9.47 Å². The van der Waals surface area contributed by atoms with Crippen molar-refractivity contribution < 1.29 is 19.1 Å². The van der Waals surface area contributed by atoms with Crippen LogP contribution in [0.1, 0.15) is 57.5 Å². The van der Waals surface area contributed by atoms with Crippen LogP contribution in [0, 0.1) is 0 Å². The Labute approximate surface area is 154 Å². The van der Waals surface area contributed by atoms with Gasteiger partial charge in [-0.25, -0.2) is 0 Å². The van der Waals surface area contributed by atoms with Gasteiger partial charge in [0.15, 0.2) is 11.6 Å². The number of carbonyl (C=O) groups excluding carboxylic acids is 2. The average molecular weight is 352 g/mol. The highest BCUT2D eigenvalue weighted by Gasteiger charge is 2.20. The zero-order chi connectivity index (χ0) is 18.5. The zero-order valence-corrected chi connectivity index (χ0v) is 15.3. The number of benzene rings is 2. The summed E-state index contributed by atoms with van der Waals surface area (Å²) in [6.07, 6.45) is 5.19. The van der Waals surface area contributed by atoms with Crippen LogP contribution in [0.15, 0.2) is 36.4 Å². The summed E-state index contributed by atoms with van der Waals surface area (Å²) in [5.74, 6) is 2.21. The second kappa shape index (κ2) is 8.17. The summed E-state index contributed by atoms with van der Waals surface area (Å²) >= 11 is 0. The third kappa shape index (κ3) is 3.64. The van der Waals surface area contributed by atoms with E-state index in [9.17, 15) is 9.59 Å². The molecule has 0 saturated carbocycles. The van der Waals surface area contributed by atoms with E-state index in [0.717, 1.165) is 59.4 Å². The molecule has 0 radical (unpaired) electrons. The number of ether oxygens (including phenoxy) is 2. The van der Waals surface area contributed by atoms with Gasteiger partial charge in [-0.3, -0.25) is 9.59 Å². The first-order valence-electron chi connectivity index (χ1n) is 9.04. The molecule has 0 aromatic heterocycles. The second-order valence-electron chi connectivity index (χ2n) is 6.53. The van der Waals surface area contributed by atoms with Gasteiger partial charge in [-0.1, -0.05) is 24.3 Å². The zero-order valence-electron chi connectivity index (χ0n) is 15.3. The largest absolute Gasteiger partial charge is 0.496 e. The first-order valence-corrected chi connectivity index (χ1v) is 9.04. The van der Waals surface area contributed by atoms with Crippen LogP contribution in [0.5, 0.6) is 11.5 Å². The lowest BCUT2D eigenvalue weighted by Crippen LogP contribution is -2.11. The molecule has 0 amide bonds. The Balaban J connectivity index is 0.000000151. The fraction of sp³-hybridized carbons (Fsp3) is 0.364. The van der Waals surface area contributed by atoms with E-state index in [2.05, 4.69) is 0 Å². The van der Waals surface area contributed by atoms with Crippen LogP contribution in [0.3, 0.4) is 0 Å². The van der Waals surface area contributed by atoms with Crippen molar-refractivity contribution in [3.05, 3.63) is 58.7 Å². The number of hydrogen-bond acceptors (Lipinski definition) is 4. The summed E-state index contributed by atoms with van der Waals surface area (Å²) < 4.78 is 10.4. The Morgan fingerprint density at radius 3 is 1.46 bits per heavy atom. The predicted molar refractivity (Wildman–Crippen MR) is 101 cm³/mol. The highest BCUT2D eigenvalue weighted by Crippen LogP contribution is 2.30. The maximum Gasteiger partial charge on any atom is 0.163 e. The van der Waals surface area contributed by atoms with E-state index in [1.165, 1.54) is 0 Å². The summed E-state index contributed by atoms with van der Waals surface area (Å²) in [6, 6.07) is 11.4.